The van der Waals surface area contributed by atoms with Crippen LogP contribution in [0.3, 0.4) is 0 Å². The molecule has 1 saturated heterocycles. The minimum absolute atomic E-state index is 0.144. The average molecular weight is 270 g/mol. The summed E-state index contributed by atoms with van der Waals surface area (Å²) in [4.78, 5) is 13.9. The Balaban J connectivity index is 2.18. The lowest BCUT2D eigenvalue weighted by atomic mass is 9.99. The Bertz CT molecular complexity index is 450. The largest absolute Gasteiger partial charge is 0.504 e. The number of hydrogen-bond acceptors (Lipinski definition) is 3. The van der Waals surface area contributed by atoms with Crippen LogP contribution >= 0.6 is 11.6 Å². The smallest absolute Gasteiger partial charge is 0.257 e. The van der Waals surface area contributed by atoms with Crippen LogP contribution in [0.25, 0.3) is 0 Å². The average Bonchev–Trinajstić information content (AvgIpc) is 2.41. The van der Waals surface area contributed by atoms with Gasteiger partial charge in [0.15, 0.2) is 11.5 Å². The number of likely N-dealkylation sites (tertiary alicyclic amines) is 1. The van der Waals surface area contributed by atoms with Crippen LogP contribution in [0, 0.1) is 5.92 Å². The van der Waals surface area contributed by atoms with Gasteiger partial charge >= 0.3 is 0 Å². The summed E-state index contributed by atoms with van der Waals surface area (Å²) < 4.78 is 0. The quantitative estimate of drug-likeness (QED) is 0.639. The predicted octanol–water partition coefficient (Wildman–Crippen LogP) is 2.19. The van der Waals surface area contributed by atoms with Gasteiger partial charge in [0, 0.05) is 19.0 Å². The van der Waals surface area contributed by atoms with Crippen LogP contribution in [0.1, 0.15) is 23.2 Å². The SMILES string of the molecule is O=C(c1cccc(O)c1O)N1CCCC(CCl)C1. The summed E-state index contributed by atoms with van der Waals surface area (Å²) in [6.45, 7) is 1.28. The summed E-state index contributed by atoms with van der Waals surface area (Å²) in [5, 5.41) is 19.1. The number of benzene rings is 1. The van der Waals surface area contributed by atoms with Crippen LogP contribution < -0.4 is 0 Å². The number of aromatic hydroxyl groups is 2. The van der Waals surface area contributed by atoms with Crippen molar-refractivity contribution in [3.8, 4) is 11.5 Å². The second-order valence-corrected chi connectivity index (χ2v) is 4.90. The van der Waals surface area contributed by atoms with Crippen molar-refractivity contribution >= 4 is 17.5 Å². The molecule has 98 valence electrons. The molecule has 1 aliphatic rings. The molecule has 2 N–H and O–H groups in total. The van der Waals surface area contributed by atoms with Gasteiger partial charge in [-0.1, -0.05) is 6.07 Å². The van der Waals surface area contributed by atoms with Crippen molar-refractivity contribution in [2.75, 3.05) is 19.0 Å². The van der Waals surface area contributed by atoms with E-state index >= 15 is 0 Å². The van der Waals surface area contributed by atoms with Gasteiger partial charge in [0.1, 0.15) is 0 Å². The summed E-state index contributed by atoms with van der Waals surface area (Å²) in [6.07, 6.45) is 1.95. The van der Waals surface area contributed by atoms with E-state index in [2.05, 4.69) is 0 Å². The van der Waals surface area contributed by atoms with Gasteiger partial charge in [-0.05, 0) is 30.9 Å². The van der Waals surface area contributed by atoms with Gasteiger partial charge in [0.25, 0.3) is 5.91 Å². The van der Waals surface area contributed by atoms with Crippen LogP contribution in [0.4, 0.5) is 0 Å². The van der Waals surface area contributed by atoms with Crippen LogP contribution in [0.5, 0.6) is 11.5 Å². The Morgan fingerprint density at radius 3 is 2.94 bits per heavy atom. The second-order valence-electron chi connectivity index (χ2n) is 4.59. The zero-order valence-corrected chi connectivity index (χ0v) is 10.7. The Hall–Kier alpha value is -1.42. The number of alkyl halides is 1. The topological polar surface area (TPSA) is 60.8 Å². The molecule has 1 unspecified atom stereocenters. The molecular weight excluding hydrogens is 254 g/mol. The third-order valence-corrected chi connectivity index (χ3v) is 3.71. The number of amides is 1. The van der Waals surface area contributed by atoms with Gasteiger partial charge in [0.2, 0.25) is 0 Å². The molecule has 1 heterocycles. The van der Waals surface area contributed by atoms with Gasteiger partial charge < -0.3 is 15.1 Å². The van der Waals surface area contributed by atoms with Crippen LogP contribution in [-0.2, 0) is 0 Å². The number of phenolic OH excluding ortho intramolecular Hbond substituents is 2. The number of hydrogen-bond donors (Lipinski definition) is 2. The van der Waals surface area contributed by atoms with Crippen LogP contribution in [0.2, 0.25) is 0 Å². The van der Waals surface area contributed by atoms with Gasteiger partial charge in [-0.2, -0.15) is 0 Å². The number of piperidine rings is 1. The van der Waals surface area contributed by atoms with Gasteiger partial charge in [-0.25, -0.2) is 0 Å². The normalized spacial score (nSPS) is 19.8. The summed E-state index contributed by atoms with van der Waals surface area (Å²) in [5.41, 5.74) is 0.144. The van der Waals surface area contributed by atoms with E-state index in [1.54, 1.807) is 11.0 Å². The molecule has 0 spiro atoms. The van der Waals surface area contributed by atoms with E-state index in [0.717, 1.165) is 12.8 Å². The maximum absolute atomic E-state index is 12.2. The van der Waals surface area contributed by atoms with E-state index in [1.807, 2.05) is 0 Å². The molecule has 5 heteroatoms. The zero-order valence-electron chi connectivity index (χ0n) is 9.97. The summed E-state index contributed by atoms with van der Waals surface area (Å²) in [7, 11) is 0. The predicted molar refractivity (Wildman–Crippen MR) is 69.1 cm³/mol. The molecule has 1 aromatic carbocycles. The van der Waals surface area contributed by atoms with E-state index in [1.165, 1.54) is 12.1 Å². The second kappa shape index (κ2) is 5.48. The summed E-state index contributed by atoms with van der Waals surface area (Å²) >= 11 is 5.83. The fraction of sp³-hybridized carbons (Fsp3) is 0.462. The molecule has 1 aliphatic heterocycles. The zero-order chi connectivity index (χ0) is 13.1. The highest BCUT2D eigenvalue weighted by Crippen LogP contribution is 2.30. The lowest BCUT2D eigenvalue weighted by molar-refractivity contribution is 0.0681. The Labute approximate surface area is 111 Å². The Kier molecular flexibility index (Phi) is 3.97. The van der Waals surface area contributed by atoms with Crippen LogP contribution in [-0.4, -0.2) is 40.0 Å². The molecule has 0 aromatic heterocycles. The molecule has 4 nitrogen and oxygen atoms in total. The lowest BCUT2D eigenvalue weighted by Gasteiger charge is -2.32. The molecule has 1 atom stereocenters. The first kappa shape index (κ1) is 13.0. The molecule has 1 fully saturated rings. The lowest BCUT2D eigenvalue weighted by Crippen LogP contribution is -2.40. The van der Waals surface area contributed by atoms with Gasteiger partial charge in [0.05, 0.1) is 5.56 Å². The van der Waals surface area contributed by atoms with Crippen molar-refractivity contribution in [2.24, 2.45) is 5.92 Å². The maximum atomic E-state index is 12.2. The third kappa shape index (κ3) is 2.53. The summed E-state index contributed by atoms with van der Waals surface area (Å²) in [5.74, 6) is -0.0280. The highest BCUT2D eigenvalue weighted by atomic mass is 35.5. The van der Waals surface area contributed by atoms with Crippen molar-refractivity contribution < 1.29 is 15.0 Å². The first-order chi connectivity index (χ1) is 8.63. The fourth-order valence-electron chi connectivity index (χ4n) is 2.25. The van der Waals surface area contributed by atoms with E-state index < -0.39 is 0 Å². The number of carbonyl (C=O) groups excluding carboxylic acids is 1. The van der Waals surface area contributed by atoms with Gasteiger partial charge in [-0.15, -0.1) is 11.6 Å². The highest BCUT2D eigenvalue weighted by Gasteiger charge is 2.26. The van der Waals surface area contributed by atoms with E-state index in [0.29, 0.717) is 24.9 Å². The number of rotatable bonds is 2. The molecule has 0 bridgehead atoms. The summed E-state index contributed by atoms with van der Waals surface area (Å²) in [6, 6.07) is 4.41. The first-order valence-corrected chi connectivity index (χ1v) is 6.53. The Morgan fingerprint density at radius 2 is 2.22 bits per heavy atom. The number of halogens is 1. The molecule has 0 radical (unpaired) electrons. The van der Waals surface area contributed by atoms with E-state index in [4.69, 9.17) is 11.6 Å². The maximum Gasteiger partial charge on any atom is 0.257 e. The molecule has 0 saturated carbocycles. The fourth-order valence-corrected chi connectivity index (χ4v) is 2.50. The molecule has 0 aliphatic carbocycles. The first-order valence-electron chi connectivity index (χ1n) is 5.99. The van der Waals surface area contributed by atoms with Crippen LogP contribution in [0.15, 0.2) is 18.2 Å². The van der Waals surface area contributed by atoms with Crippen molar-refractivity contribution in [2.45, 2.75) is 12.8 Å². The third-order valence-electron chi connectivity index (χ3n) is 3.27. The molecule has 1 aromatic rings. The molecule has 18 heavy (non-hydrogen) atoms. The highest BCUT2D eigenvalue weighted by molar-refractivity contribution is 6.18. The van der Waals surface area contributed by atoms with Crippen molar-refractivity contribution in [3.05, 3.63) is 23.8 Å². The van der Waals surface area contributed by atoms with E-state index in [-0.39, 0.29) is 23.0 Å². The number of carbonyl (C=O) groups is 1. The number of phenols is 2. The Morgan fingerprint density at radius 1 is 1.44 bits per heavy atom. The minimum Gasteiger partial charge on any atom is -0.504 e. The monoisotopic (exact) mass is 269 g/mol. The molecule has 1 amide bonds. The molecule has 2 rings (SSSR count). The standard InChI is InChI=1S/C13H16ClNO3/c14-7-9-3-2-6-15(8-9)13(18)10-4-1-5-11(16)12(10)17/h1,4-5,9,16-17H,2-3,6-8H2. The van der Waals surface area contributed by atoms with Gasteiger partial charge in [-0.3, -0.25) is 4.79 Å². The van der Waals surface area contributed by atoms with Crippen molar-refractivity contribution in [1.82, 2.24) is 4.90 Å². The minimum atomic E-state index is -0.351. The van der Waals surface area contributed by atoms with Crippen molar-refractivity contribution in [3.63, 3.8) is 0 Å². The molecular formula is C13H16ClNO3. The number of nitrogens with zero attached hydrogens (tertiary/aromatic N) is 1. The van der Waals surface area contributed by atoms with Crippen molar-refractivity contribution in [1.29, 1.82) is 0 Å². The number of para-hydroxylation sites is 1. The van der Waals surface area contributed by atoms with E-state index in [9.17, 15) is 15.0 Å².